The highest BCUT2D eigenvalue weighted by molar-refractivity contribution is 5.70. The van der Waals surface area contributed by atoms with Crippen LogP contribution in [0.1, 0.15) is 23.7 Å². The molecule has 5 nitrogen and oxygen atoms in total. The van der Waals surface area contributed by atoms with Crippen molar-refractivity contribution in [3.63, 3.8) is 0 Å². The second-order valence-corrected chi connectivity index (χ2v) is 3.92. The van der Waals surface area contributed by atoms with Gasteiger partial charge < -0.3 is 10.4 Å². The number of rotatable bonds is 3. The summed E-state index contributed by atoms with van der Waals surface area (Å²) >= 11 is 0. The molecule has 0 bridgehead atoms. The van der Waals surface area contributed by atoms with Crippen molar-refractivity contribution >= 4 is 5.97 Å². The van der Waals surface area contributed by atoms with Crippen LogP contribution in [0.15, 0.2) is 6.20 Å². The Labute approximate surface area is 88.1 Å². The highest BCUT2D eigenvalue weighted by atomic mass is 16.4. The van der Waals surface area contributed by atoms with Crippen molar-refractivity contribution in [3.8, 4) is 0 Å². The van der Waals surface area contributed by atoms with E-state index in [1.807, 2.05) is 11.6 Å². The van der Waals surface area contributed by atoms with Gasteiger partial charge in [0.15, 0.2) is 0 Å². The monoisotopic (exact) mass is 209 g/mol. The summed E-state index contributed by atoms with van der Waals surface area (Å²) in [5.41, 5.74) is 1.79. The molecule has 1 fully saturated rings. The predicted molar refractivity (Wildman–Crippen MR) is 54.8 cm³/mol. The van der Waals surface area contributed by atoms with Crippen LogP contribution in [0.5, 0.6) is 0 Å². The molecule has 0 aromatic carbocycles. The third-order valence-corrected chi connectivity index (χ3v) is 2.87. The van der Waals surface area contributed by atoms with Crippen molar-refractivity contribution in [3.05, 3.63) is 17.5 Å². The molecular formula is C10H15N3O2. The van der Waals surface area contributed by atoms with E-state index in [-0.39, 0.29) is 6.42 Å². The summed E-state index contributed by atoms with van der Waals surface area (Å²) in [6, 6.07) is 0.382. The normalized spacial score (nSPS) is 20.7. The summed E-state index contributed by atoms with van der Waals surface area (Å²) in [4.78, 5) is 10.6. The Bertz CT molecular complexity index is 367. The molecule has 1 aliphatic heterocycles. The maximum Gasteiger partial charge on any atom is 0.307 e. The Kier molecular flexibility index (Phi) is 2.73. The molecule has 0 amide bonds. The van der Waals surface area contributed by atoms with Crippen LogP contribution in [0.25, 0.3) is 0 Å². The molecule has 2 heterocycles. The largest absolute Gasteiger partial charge is 0.481 e. The summed E-state index contributed by atoms with van der Waals surface area (Å²) in [7, 11) is 0. The molecule has 0 aliphatic carbocycles. The number of hydrogen-bond acceptors (Lipinski definition) is 3. The molecule has 1 saturated heterocycles. The molecule has 1 aromatic heterocycles. The van der Waals surface area contributed by atoms with Crippen molar-refractivity contribution in [1.29, 1.82) is 0 Å². The second-order valence-electron chi connectivity index (χ2n) is 3.92. The number of nitrogens with one attached hydrogen (secondary N) is 1. The molecule has 1 atom stereocenters. The van der Waals surface area contributed by atoms with E-state index >= 15 is 0 Å². The lowest BCUT2D eigenvalue weighted by atomic mass is 10.2. The van der Waals surface area contributed by atoms with Crippen molar-refractivity contribution in [1.82, 2.24) is 15.1 Å². The average molecular weight is 209 g/mol. The van der Waals surface area contributed by atoms with Crippen LogP contribution >= 0.6 is 0 Å². The van der Waals surface area contributed by atoms with E-state index in [9.17, 15) is 4.79 Å². The highest BCUT2D eigenvalue weighted by Gasteiger charge is 2.20. The fourth-order valence-corrected chi connectivity index (χ4v) is 2.01. The van der Waals surface area contributed by atoms with Crippen LogP contribution in [-0.2, 0) is 11.2 Å². The molecule has 0 spiro atoms. The summed E-state index contributed by atoms with van der Waals surface area (Å²) < 4.78 is 1.94. The van der Waals surface area contributed by atoms with Crippen molar-refractivity contribution in [2.45, 2.75) is 25.8 Å². The van der Waals surface area contributed by atoms with Gasteiger partial charge in [0.2, 0.25) is 0 Å². The number of aliphatic carboxylic acids is 1. The second kappa shape index (κ2) is 4.02. The molecule has 0 radical (unpaired) electrons. The van der Waals surface area contributed by atoms with Gasteiger partial charge in [-0.3, -0.25) is 9.48 Å². The molecule has 2 N–H and O–H groups in total. The van der Waals surface area contributed by atoms with Crippen molar-refractivity contribution in [2.75, 3.05) is 13.1 Å². The summed E-state index contributed by atoms with van der Waals surface area (Å²) in [6.07, 6.45) is 2.79. The first-order valence-corrected chi connectivity index (χ1v) is 5.14. The van der Waals surface area contributed by atoms with Crippen LogP contribution in [0.4, 0.5) is 0 Å². The van der Waals surface area contributed by atoms with E-state index in [0.717, 1.165) is 30.8 Å². The Morgan fingerprint density at radius 1 is 1.80 bits per heavy atom. The van der Waals surface area contributed by atoms with Crippen LogP contribution in [0.2, 0.25) is 0 Å². The SMILES string of the molecule is Cc1c(CC(=O)O)cnn1C1CCNC1. The molecular weight excluding hydrogens is 194 g/mol. The van der Waals surface area contributed by atoms with Gasteiger partial charge in [0.25, 0.3) is 0 Å². The minimum absolute atomic E-state index is 0.0615. The Morgan fingerprint density at radius 2 is 2.60 bits per heavy atom. The number of carboxylic acids is 1. The predicted octanol–water partition coefficient (Wildman–Crippen LogP) is 0.353. The lowest BCUT2D eigenvalue weighted by Crippen LogP contribution is -2.16. The molecule has 0 saturated carbocycles. The lowest BCUT2D eigenvalue weighted by molar-refractivity contribution is -0.136. The first-order chi connectivity index (χ1) is 7.18. The standard InChI is InChI=1S/C10H15N3O2/c1-7-8(4-10(14)15)5-12-13(7)9-2-3-11-6-9/h5,9,11H,2-4,6H2,1H3,(H,14,15). The van der Waals surface area contributed by atoms with E-state index in [1.54, 1.807) is 6.20 Å². The van der Waals surface area contributed by atoms with Gasteiger partial charge in [-0.25, -0.2) is 0 Å². The maximum atomic E-state index is 10.6. The van der Waals surface area contributed by atoms with Gasteiger partial charge in [-0.1, -0.05) is 0 Å². The Balaban J connectivity index is 2.18. The average Bonchev–Trinajstić information content (AvgIpc) is 2.76. The molecule has 1 aromatic rings. The zero-order chi connectivity index (χ0) is 10.8. The van der Waals surface area contributed by atoms with Crippen LogP contribution in [0, 0.1) is 6.92 Å². The summed E-state index contributed by atoms with van der Waals surface area (Å²) in [6.45, 7) is 3.87. The molecule has 82 valence electrons. The number of aromatic nitrogens is 2. The zero-order valence-corrected chi connectivity index (χ0v) is 8.73. The minimum atomic E-state index is -0.804. The number of carbonyl (C=O) groups is 1. The maximum absolute atomic E-state index is 10.6. The highest BCUT2D eigenvalue weighted by Crippen LogP contribution is 2.18. The first-order valence-electron chi connectivity index (χ1n) is 5.14. The minimum Gasteiger partial charge on any atom is -0.481 e. The molecule has 2 rings (SSSR count). The van der Waals surface area contributed by atoms with Crippen LogP contribution < -0.4 is 5.32 Å². The fraction of sp³-hybridized carbons (Fsp3) is 0.600. The topological polar surface area (TPSA) is 67.1 Å². The third kappa shape index (κ3) is 2.02. The molecule has 5 heteroatoms. The van der Waals surface area contributed by atoms with E-state index in [1.165, 1.54) is 0 Å². The van der Waals surface area contributed by atoms with Gasteiger partial charge in [-0.2, -0.15) is 5.10 Å². The Morgan fingerprint density at radius 3 is 3.20 bits per heavy atom. The quantitative estimate of drug-likeness (QED) is 0.754. The van der Waals surface area contributed by atoms with Gasteiger partial charge >= 0.3 is 5.97 Å². The zero-order valence-electron chi connectivity index (χ0n) is 8.73. The van der Waals surface area contributed by atoms with E-state index in [0.29, 0.717) is 6.04 Å². The van der Waals surface area contributed by atoms with Gasteiger partial charge in [0.1, 0.15) is 0 Å². The molecule has 15 heavy (non-hydrogen) atoms. The Hall–Kier alpha value is -1.36. The first kappa shape index (κ1) is 10.2. The van der Waals surface area contributed by atoms with Crippen LogP contribution in [-0.4, -0.2) is 33.9 Å². The van der Waals surface area contributed by atoms with Gasteiger partial charge in [-0.15, -0.1) is 0 Å². The van der Waals surface area contributed by atoms with Gasteiger partial charge in [0, 0.05) is 17.8 Å². The lowest BCUT2D eigenvalue weighted by Gasteiger charge is -2.11. The van der Waals surface area contributed by atoms with Crippen LogP contribution in [0.3, 0.4) is 0 Å². The summed E-state index contributed by atoms with van der Waals surface area (Å²) in [5.74, 6) is -0.804. The number of hydrogen-bond donors (Lipinski definition) is 2. The van der Waals surface area contributed by atoms with Crippen molar-refractivity contribution in [2.24, 2.45) is 0 Å². The van der Waals surface area contributed by atoms with Gasteiger partial charge in [-0.05, 0) is 19.9 Å². The summed E-state index contributed by atoms with van der Waals surface area (Å²) in [5, 5.41) is 16.3. The van der Waals surface area contributed by atoms with Crippen molar-refractivity contribution < 1.29 is 9.90 Å². The van der Waals surface area contributed by atoms with E-state index in [4.69, 9.17) is 5.11 Å². The molecule has 1 unspecified atom stereocenters. The third-order valence-electron chi connectivity index (χ3n) is 2.87. The fourth-order valence-electron chi connectivity index (χ4n) is 2.01. The van der Waals surface area contributed by atoms with Gasteiger partial charge in [0.05, 0.1) is 18.7 Å². The smallest absolute Gasteiger partial charge is 0.307 e. The van der Waals surface area contributed by atoms with E-state index in [2.05, 4.69) is 10.4 Å². The van der Waals surface area contributed by atoms with E-state index < -0.39 is 5.97 Å². The number of nitrogens with zero attached hydrogens (tertiary/aromatic N) is 2. The number of carboxylic acid groups (broad SMARTS) is 1. The molecule has 1 aliphatic rings.